The van der Waals surface area contributed by atoms with Crippen molar-refractivity contribution in [1.82, 2.24) is 14.9 Å². The van der Waals surface area contributed by atoms with Gasteiger partial charge in [-0.25, -0.2) is 9.97 Å². The summed E-state index contributed by atoms with van der Waals surface area (Å²) in [5, 5.41) is 8.92. The van der Waals surface area contributed by atoms with Crippen LogP contribution in [-0.4, -0.2) is 53.8 Å². The van der Waals surface area contributed by atoms with E-state index in [1.807, 2.05) is 60.8 Å². The molecule has 0 unspecified atom stereocenters. The van der Waals surface area contributed by atoms with Crippen LogP contribution in [0, 0.1) is 0 Å². The largest absolute Gasteiger partial charge is 0.392 e. The lowest BCUT2D eigenvalue weighted by atomic mass is 10.1. The van der Waals surface area contributed by atoms with Crippen molar-refractivity contribution in [2.24, 2.45) is 0 Å². The van der Waals surface area contributed by atoms with Crippen molar-refractivity contribution in [3.05, 3.63) is 78.5 Å². The van der Waals surface area contributed by atoms with Gasteiger partial charge in [0.2, 0.25) is 5.95 Å². The van der Waals surface area contributed by atoms with E-state index in [0.717, 1.165) is 42.0 Å². The minimum Gasteiger partial charge on any atom is -0.392 e. The molecule has 0 bridgehead atoms. The number of hydrogen-bond acceptors (Lipinski definition) is 5. The molecule has 5 heteroatoms. The average Bonchev–Trinajstić information content (AvgIpc) is 2.76. The van der Waals surface area contributed by atoms with E-state index in [9.17, 15) is 0 Å². The molecule has 29 heavy (non-hydrogen) atoms. The van der Waals surface area contributed by atoms with E-state index >= 15 is 0 Å². The van der Waals surface area contributed by atoms with E-state index in [-0.39, 0.29) is 6.61 Å². The van der Waals surface area contributed by atoms with Gasteiger partial charge in [0, 0.05) is 24.0 Å². The standard InChI is InChI=1S/C24H28N4O/c1-27(2)17-7-18-28(22-9-4-3-5-10-22)24-25-16-15-23(26-24)21-13-11-20(12-14-21)8-6-19-29/h3-6,8-16,29H,7,17-19H2,1-2H3/b8-6+. The molecule has 3 rings (SSSR count). The molecule has 0 saturated carbocycles. The van der Waals surface area contributed by atoms with Crippen LogP contribution in [0.4, 0.5) is 11.6 Å². The molecule has 2 aromatic carbocycles. The third-order valence-corrected chi connectivity index (χ3v) is 4.56. The Morgan fingerprint density at radius 2 is 1.69 bits per heavy atom. The molecule has 0 amide bonds. The first-order valence-electron chi connectivity index (χ1n) is 9.85. The molecule has 3 aromatic rings. The van der Waals surface area contributed by atoms with Crippen LogP contribution in [0.1, 0.15) is 12.0 Å². The van der Waals surface area contributed by atoms with Gasteiger partial charge in [0.05, 0.1) is 12.3 Å². The van der Waals surface area contributed by atoms with Crippen LogP contribution in [0.25, 0.3) is 17.3 Å². The van der Waals surface area contributed by atoms with Gasteiger partial charge in [-0.15, -0.1) is 0 Å². The fraction of sp³-hybridized carbons (Fsp3) is 0.250. The van der Waals surface area contributed by atoms with Crippen molar-refractivity contribution >= 4 is 17.7 Å². The number of aliphatic hydroxyl groups is 1. The smallest absolute Gasteiger partial charge is 0.230 e. The van der Waals surface area contributed by atoms with Crippen LogP contribution < -0.4 is 4.90 Å². The Labute approximate surface area is 173 Å². The Hall–Kier alpha value is -3.02. The number of nitrogens with zero attached hydrogens (tertiary/aromatic N) is 4. The van der Waals surface area contributed by atoms with E-state index in [1.165, 1.54) is 0 Å². The lowest BCUT2D eigenvalue weighted by Crippen LogP contribution is -2.24. The van der Waals surface area contributed by atoms with E-state index in [2.05, 4.69) is 41.0 Å². The minimum atomic E-state index is 0.0418. The van der Waals surface area contributed by atoms with Gasteiger partial charge in [0.15, 0.2) is 0 Å². The zero-order valence-corrected chi connectivity index (χ0v) is 17.1. The van der Waals surface area contributed by atoms with Crippen LogP contribution >= 0.6 is 0 Å². The molecule has 0 fully saturated rings. The molecule has 0 saturated heterocycles. The summed E-state index contributed by atoms with van der Waals surface area (Å²) in [4.78, 5) is 13.8. The first-order chi connectivity index (χ1) is 14.2. The van der Waals surface area contributed by atoms with Gasteiger partial charge in [-0.1, -0.05) is 54.6 Å². The molecule has 1 aromatic heterocycles. The predicted octanol–water partition coefficient (Wildman–Crippen LogP) is 4.24. The fourth-order valence-electron chi connectivity index (χ4n) is 3.09. The number of anilines is 2. The second-order valence-electron chi connectivity index (χ2n) is 7.09. The first kappa shape index (κ1) is 20.7. The lowest BCUT2D eigenvalue weighted by molar-refractivity contribution is 0.343. The third-order valence-electron chi connectivity index (χ3n) is 4.56. The summed E-state index contributed by atoms with van der Waals surface area (Å²) in [7, 11) is 4.17. The number of aliphatic hydroxyl groups excluding tert-OH is 1. The molecule has 5 nitrogen and oxygen atoms in total. The predicted molar refractivity (Wildman–Crippen MR) is 120 cm³/mol. The van der Waals surface area contributed by atoms with E-state index in [4.69, 9.17) is 10.1 Å². The first-order valence-corrected chi connectivity index (χ1v) is 9.85. The van der Waals surface area contributed by atoms with Gasteiger partial charge in [0.1, 0.15) is 0 Å². The Bertz CT molecular complexity index is 908. The molecular formula is C24H28N4O. The molecule has 0 aliphatic heterocycles. The molecule has 0 radical (unpaired) electrons. The number of para-hydroxylation sites is 1. The molecule has 0 atom stereocenters. The molecule has 0 spiro atoms. The maximum atomic E-state index is 8.92. The molecule has 1 N–H and O–H groups in total. The molecular weight excluding hydrogens is 360 g/mol. The summed E-state index contributed by atoms with van der Waals surface area (Å²) >= 11 is 0. The summed E-state index contributed by atoms with van der Waals surface area (Å²) < 4.78 is 0. The lowest BCUT2D eigenvalue weighted by Gasteiger charge is -2.24. The second-order valence-corrected chi connectivity index (χ2v) is 7.09. The normalized spacial score (nSPS) is 11.3. The minimum absolute atomic E-state index is 0.0418. The average molecular weight is 389 g/mol. The molecule has 1 heterocycles. The zero-order valence-electron chi connectivity index (χ0n) is 17.1. The van der Waals surface area contributed by atoms with Crippen LogP contribution in [0.15, 0.2) is 72.9 Å². The maximum absolute atomic E-state index is 8.92. The highest BCUT2D eigenvalue weighted by molar-refractivity contribution is 5.65. The van der Waals surface area contributed by atoms with Gasteiger partial charge in [-0.05, 0) is 50.8 Å². The van der Waals surface area contributed by atoms with Crippen molar-refractivity contribution in [1.29, 1.82) is 0 Å². The maximum Gasteiger partial charge on any atom is 0.230 e. The van der Waals surface area contributed by atoms with Crippen molar-refractivity contribution < 1.29 is 5.11 Å². The Kier molecular flexibility index (Phi) is 7.50. The highest BCUT2D eigenvalue weighted by Gasteiger charge is 2.13. The van der Waals surface area contributed by atoms with Crippen LogP contribution in [0.3, 0.4) is 0 Å². The number of benzene rings is 2. The summed E-state index contributed by atoms with van der Waals surface area (Å²) in [6.07, 6.45) is 6.46. The summed E-state index contributed by atoms with van der Waals surface area (Å²) in [5.74, 6) is 0.705. The fourth-order valence-corrected chi connectivity index (χ4v) is 3.09. The molecule has 0 aliphatic rings. The second kappa shape index (κ2) is 10.5. The zero-order chi connectivity index (χ0) is 20.5. The quantitative estimate of drug-likeness (QED) is 0.594. The highest BCUT2D eigenvalue weighted by Crippen LogP contribution is 2.25. The Balaban J connectivity index is 1.86. The van der Waals surface area contributed by atoms with Crippen molar-refractivity contribution in [3.8, 4) is 11.3 Å². The van der Waals surface area contributed by atoms with Gasteiger partial charge >= 0.3 is 0 Å². The third kappa shape index (κ3) is 5.98. The van der Waals surface area contributed by atoms with Crippen LogP contribution in [-0.2, 0) is 0 Å². The molecule has 150 valence electrons. The SMILES string of the molecule is CN(C)CCCN(c1ccccc1)c1nccc(-c2ccc(/C=C/CO)cc2)n1. The van der Waals surface area contributed by atoms with Crippen LogP contribution in [0.5, 0.6) is 0 Å². The summed E-state index contributed by atoms with van der Waals surface area (Å²) in [6, 6.07) is 20.3. The van der Waals surface area contributed by atoms with Crippen molar-refractivity contribution in [2.75, 3.05) is 38.7 Å². The summed E-state index contributed by atoms with van der Waals surface area (Å²) in [6.45, 7) is 1.89. The van der Waals surface area contributed by atoms with Gasteiger partial charge in [-0.3, -0.25) is 0 Å². The van der Waals surface area contributed by atoms with Gasteiger partial charge in [0.25, 0.3) is 0 Å². The van der Waals surface area contributed by atoms with Crippen LogP contribution in [0.2, 0.25) is 0 Å². The van der Waals surface area contributed by atoms with Gasteiger partial charge in [-0.2, -0.15) is 0 Å². The number of rotatable bonds is 9. The Morgan fingerprint density at radius 3 is 2.38 bits per heavy atom. The highest BCUT2D eigenvalue weighted by atomic mass is 16.2. The Morgan fingerprint density at radius 1 is 0.931 bits per heavy atom. The van der Waals surface area contributed by atoms with E-state index in [0.29, 0.717) is 5.95 Å². The van der Waals surface area contributed by atoms with Gasteiger partial charge < -0.3 is 14.9 Å². The van der Waals surface area contributed by atoms with E-state index in [1.54, 1.807) is 6.08 Å². The monoisotopic (exact) mass is 388 g/mol. The van der Waals surface area contributed by atoms with E-state index < -0.39 is 0 Å². The summed E-state index contributed by atoms with van der Waals surface area (Å²) in [5.41, 5.74) is 4.07. The van der Waals surface area contributed by atoms with Crippen molar-refractivity contribution in [2.45, 2.75) is 6.42 Å². The van der Waals surface area contributed by atoms with Crippen molar-refractivity contribution in [3.63, 3.8) is 0 Å². The number of aromatic nitrogens is 2. The number of hydrogen-bond donors (Lipinski definition) is 1. The topological polar surface area (TPSA) is 52.5 Å². The molecule has 0 aliphatic carbocycles.